The summed E-state index contributed by atoms with van der Waals surface area (Å²) in [6, 6.07) is 3.23. The van der Waals surface area contributed by atoms with Crippen molar-refractivity contribution >= 4 is 6.29 Å². The number of aliphatic hydroxyl groups excluding tert-OH is 3. The number of hydrogen-bond acceptors (Lipinski definition) is 9. The Kier molecular flexibility index (Phi) is 6.33. The second-order valence-electron chi connectivity index (χ2n) is 12.1. The lowest BCUT2D eigenvalue weighted by atomic mass is 9.48. The Morgan fingerprint density at radius 2 is 1.82 bits per heavy atom. The number of ether oxygens (including phenoxy) is 2. The molecule has 3 saturated carbocycles. The van der Waals surface area contributed by atoms with Crippen molar-refractivity contribution in [2.45, 2.75) is 94.1 Å². The molecule has 38 heavy (non-hydrogen) atoms. The van der Waals surface area contributed by atoms with Crippen LogP contribution in [0.4, 0.5) is 0 Å². The van der Waals surface area contributed by atoms with Crippen LogP contribution in [0.25, 0.3) is 0 Å². The fourth-order valence-corrected chi connectivity index (χ4v) is 8.21. The number of carbonyl (C=O) groups excluding carboxylic acids is 1. The molecular weight excluding hydrogens is 492 g/mol. The Balaban J connectivity index is 1.27. The molecular formula is C29H36O9. The summed E-state index contributed by atoms with van der Waals surface area (Å²) in [6.45, 7) is 1.99. The highest BCUT2D eigenvalue weighted by atomic mass is 16.7. The predicted molar refractivity (Wildman–Crippen MR) is 134 cm³/mol. The summed E-state index contributed by atoms with van der Waals surface area (Å²) >= 11 is 0. The third kappa shape index (κ3) is 3.67. The summed E-state index contributed by atoms with van der Waals surface area (Å²) in [7, 11) is 0. The first-order valence-electron chi connectivity index (χ1n) is 13.6. The Morgan fingerprint density at radius 1 is 1.03 bits per heavy atom. The molecule has 6 rings (SSSR count). The Hall–Kier alpha value is -2.14. The number of hydrogen-bond donors (Lipinski definition) is 4. The van der Waals surface area contributed by atoms with E-state index in [0.29, 0.717) is 25.7 Å². The van der Waals surface area contributed by atoms with Crippen LogP contribution in [-0.2, 0) is 14.3 Å². The van der Waals surface area contributed by atoms with Crippen LogP contribution >= 0.6 is 0 Å². The molecule has 0 amide bonds. The quantitative estimate of drug-likeness (QED) is 0.429. The van der Waals surface area contributed by atoms with Crippen molar-refractivity contribution in [1.29, 1.82) is 0 Å². The average molecular weight is 529 g/mol. The minimum atomic E-state index is -1.36. The summed E-state index contributed by atoms with van der Waals surface area (Å²) in [5.74, 6) is -0.0730. The van der Waals surface area contributed by atoms with Gasteiger partial charge in [0.25, 0.3) is 0 Å². The smallest absolute Gasteiger partial charge is 0.335 e. The highest BCUT2D eigenvalue weighted by Gasteiger charge is 2.65. The van der Waals surface area contributed by atoms with Crippen molar-refractivity contribution in [1.82, 2.24) is 0 Å². The summed E-state index contributed by atoms with van der Waals surface area (Å²) in [4.78, 5) is 24.4. The second-order valence-corrected chi connectivity index (χ2v) is 12.1. The van der Waals surface area contributed by atoms with E-state index >= 15 is 0 Å². The number of allylic oxidation sites excluding steroid dienone is 2. The first kappa shape index (κ1) is 26.1. The van der Waals surface area contributed by atoms with Crippen LogP contribution in [0.15, 0.2) is 50.9 Å². The number of aliphatic hydroxyl groups is 4. The zero-order valence-corrected chi connectivity index (χ0v) is 21.5. The molecule has 0 spiro atoms. The molecule has 4 aliphatic carbocycles. The van der Waals surface area contributed by atoms with Crippen LogP contribution < -0.4 is 5.63 Å². The van der Waals surface area contributed by atoms with E-state index in [1.807, 2.05) is 12.2 Å². The van der Waals surface area contributed by atoms with E-state index < -0.39 is 46.7 Å². The van der Waals surface area contributed by atoms with Gasteiger partial charge in [-0.25, -0.2) is 4.79 Å². The molecule has 5 aliphatic rings. The highest BCUT2D eigenvalue weighted by molar-refractivity contribution is 5.70. The number of carbonyl (C=O) groups is 1. The lowest BCUT2D eigenvalue weighted by molar-refractivity contribution is -0.284. The van der Waals surface area contributed by atoms with Gasteiger partial charge in [0.05, 0.1) is 30.0 Å². The van der Waals surface area contributed by atoms with Gasteiger partial charge < -0.3 is 39.1 Å². The van der Waals surface area contributed by atoms with Crippen molar-refractivity contribution in [3.63, 3.8) is 0 Å². The van der Waals surface area contributed by atoms with E-state index in [9.17, 15) is 30.0 Å². The van der Waals surface area contributed by atoms with Crippen molar-refractivity contribution in [3.05, 3.63) is 57.7 Å². The van der Waals surface area contributed by atoms with Gasteiger partial charge in [-0.15, -0.1) is 0 Å². The Labute approximate surface area is 220 Å². The molecule has 206 valence electrons. The number of fused-ring (bicyclic) bond motifs is 5. The third-order valence-corrected chi connectivity index (χ3v) is 10.4. The van der Waals surface area contributed by atoms with Crippen molar-refractivity contribution in [3.8, 4) is 0 Å². The predicted octanol–water partition coefficient (Wildman–Crippen LogP) is 1.72. The largest absolute Gasteiger partial charge is 0.431 e. The van der Waals surface area contributed by atoms with Gasteiger partial charge in [0.15, 0.2) is 6.29 Å². The van der Waals surface area contributed by atoms with E-state index in [1.165, 1.54) is 12.3 Å². The molecule has 1 aromatic heterocycles. The molecule has 10 unspecified atom stereocenters. The lowest BCUT2D eigenvalue weighted by Crippen LogP contribution is -2.57. The first-order valence-corrected chi connectivity index (χ1v) is 13.6. The van der Waals surface area contributed by atoms with E-state index in [0.717, 1.165) is 42.3 Å². The van der Waals surface area contributed by atoms with Gasteiger partial charge in [-0.3, -0.25) is 0 Å². The zero-order valence-electron chi connectivity index (χ0n) is 21.5. The molecule has 10 atom stereocenters. The van der Waals surface area contributed by atoms with Crippen LogP contribution in [-0.4, -0.2) is 69.6 Å². The third-order valence-electron chi connectivity index (χ3n) is 10.4. The molecule has 1 saturated heterocycles. The average Bonchev–Trinajstić information content (AvgIpc) is 3.20. The van der Waals surface area contributed by atoms with E-state index in [2.05, 4.69) is 6.92 Å². The van der Waals surface area contributed by atoms with Crippen LogP contribution in [0.1, 0.15) is 63.4 Å². The monoisotopic (exact) mass is 528 g/mol. The topological polar surface area (TPSA) is 147 Å². The van der Waals surface area contributed by atoms with Crippen LogP contribution in [0, 0.1) is 16.7 Å². The van der Waals surface area contributed by atoms with Gasteiger partial charge in [-0.2, -0.15) is 0 Å². The summed E-state index contributed by atoms with van der Waals surface area (Å²) in [5, 5.41) is 42.3. The highest BCUT2D eigenvalue weighted by Crippen LogP contribution is 2.68. The fraction of sp³-hybridized carbons (Fsp3) is 0.655. The van der Waals surface area contributed by atoms with Gasteiger partial charge in [-0.1, -0.05) is 24.6 Å². The zero-order chi connectivity index (χ0) is 26.9. The lowest BCUT2D eigenvalue weighted by Gasteiger charge is -2.57. The van der Waals surface area contributed by atoms with Gasteiger partial charge >= 0.3 is 5.63 Å². The minimum absolute atomic E-state index is 0.0381. The van der Waals surface area contributed by atoms with E-state index in [-0.39, 0.29) is 24.5 Å². The van der Waals surface area contributed by atoms with Gasteiger partial charge in [0.2, 0.25) is 0 Å². The second kappa shape index (κ2) is 9.21. The van der Waals surface area contributed by atoms with Gasteiger partial charge in [0, 0.05) is 11.5 Å². The molecule has 9 heteroatoms. The molecule has 0 bridgehead atoms. The van der Waals surface area contributed by atoms with Gasteiger partial charge in [-0.05, 0) is 74.0 Å². The molecule has 0 aromatic carbocycles. The fourth-order valence-electron chi connectivity index (χ4n) is 8.21. The summed E-state index contributed by atoms with van der Waals surface area (Å²) in [5.41, 5.74) is 0.153. The molecule has 1 aliphatic heterocycles. The standard InChI is InChI=1S/C29H36O9/c1-27-9-7-20-21(29(27,35)11-8-19(27)16-2-5-23(32)36-13-16)4-3-17-12-18(6-10-28(17,20)15-30)38-26-25(34)24(33)22(31)14-37-26/h2-5,13,15,18-20,22,24-26,31,33-35H,6-12,14H2,1H3. The number of rotatable bonds is 4. The molecule has 1 aromatic rings. The maximum Gasteiger partial charge on any atom is 0.335 e. The van der Waals surface area contributed by atoms with Crippen molar-refractivity contribution in [2.75, 3.05) is 6.61 Å². The Bertz CT molecular complexity index is 1200. The first-order chi connectivity index (χ1) is 18.1. The Morgan fingerprint density at radius 3 is 2.55 bits per heavy atom. The molecule has 4 N–H and O–H groups in total. The van der Waals surface area contributed by atoms with Gasteiger partial charge in [0.1, 0.15) is 24.6 Å². The van der Waals surface area contributed by atoms with Crippen molar-refractivity contribution < 1.29 is 39.1 Å². The summed E-state index contributed by atoms with van der Waals surface area (Å²) < 4.78 is 16.6. The maximum atomic E-state index is 12.8. The molecule has 9 nitrogen and oxygen atoms in total. The van der Waals surface area contributed by atoms with Crippen LogP contribution in [0.5, 0.6) is 0 Å². The molecule has 4 fully saturated rings. The van der Waals surface area contributed by atoms with Crippen LogP contribution in [0.2, 0.25) is 0 Å². The van der Waals surface area contributed by atoms with E-state index in [4.69, 9.17) is 13.9 Å². The molecule has 0 radical (unpaired) electrons. The van der Waals surface area contributed by atoms with Crippen LogP contribution in [0.3, 0.4) is 0 Å². The maximum absolute atomic E-state index is 12.8. The summed E-state index contributed by atoms with van der Waals surface area (Å²) in [6.07, 6.45) is 5.72. The van der Waals surface area contributed by atoms with Crippen molar-refractivity contribution in [2.24, 2.45) is 16.7 Å². The van der Waals surface area contributed by atoms with E-state index in [1.54, 1.807) is 6.07 Å². The number of aldehydes is 1. The molecule has 2 heterocycles. The normalized spacial score (nSPS) is 46.3. The minimum Gasteiger partial charge on any atom is -0.431 e. The SMILES string of the molecule is CC12CCC3C(=CC=C4CC(OC5OCC(O)C(O)C5O)CCC43C=O)C1(O)CCC2c1ccc(=O)oc1.